The van der Waals surface area contributed by atoms with Gasteiger partial charge in [-0.15, -0.1) is 5.10 Å². The summed E-state index contributed by atoms with van der Waals surface area (Å²) >= 11 is 1.60. The quantitative estimate of drug-likeness (QED) is 0.687. The summed E-state index contributed by atoms with van der Waals surface area (Å²) in [6, 6.07) is 2.75. The molecular formula is C19H19F2N5O2S. The first-order chi connectivity index (χ1) is 14.0. The molecule has 29 heavy (non-hydrogen) atoms. The summed E-state index contributed by atoms with van der Waals surface area (Å²) in [6.45, 7) is -0.427. The van der Waals surface area contributed by atoms with Crippen LogP contribution in [-0.2, 0) is 11.3 Å². The number of carbonyl (C=O) groups is 1. The number of aromatic nitrogens is 4. The van der Waals surface area contributed by atoms with Crippen LogP contribution in [0.25, 0.3) is 5.65 Å². The Morgan fingerprint density at radius 1 is 1.24 bits per heavy atom. The standard InChI is InChI=1S/C19H19F2N5O2S/c20-12-6-7-14(21)15(10-12)23-16(27)11-26-19(28)25-9-8-22-18(17(25)24-26)29-13-4-2-1-3-5-13/h6-10,13H,1-5,11H2,(H,23,27). The molecule has 1 amide bonds. The predicted octanol–water partition coefficient (Wildman–Crippen LogP) is 3.23. The lowest BCUT2D eigenvalue weighted by atomic mass is 10.0. The highest BCUT2D eigenvalue weighted by atomic mass is 32.2. The van der Waals surface area contributed by atoms with E-state index in [4.69, 9.17) is 0 Å². The van der Waals surface area contributed by atoms with Crippen LogP contribution in [0.5, 0.6) is 0 Å². The first-order valence-corrected chi connectivity index (χ1v) is 10.2. The van der Waals surface area contributed by atoms with Gasteiger partial charge in [0.15, 0.2) is 5.65 Å². The van der Waals surface area contributed by atoms with Gasteiger partial charge < -0.3 is 5.32 Å². The Labute approximate surface area is 169 Å². The number of benzene rings is 1. The van der Waals surface area contributed by atoms with Crippen molar-refractivity contribution in [1.82, 2.24) is 19.2 Å². The van der Waals surface area contributed by atoms with E-state index in [1.54, 1.807) is 11.8 Å². The number of thioether (sulfide) groups is 1. The van der Waals surface area contributed by atoms with E-state index in [1.165, 1.54) is 36.1 Å². The molecule has 0 unspecified atom stereocenters. The number of carbonyl (C=O) groups excluding carboxylic acids is 1. The van der Waals surface area contributed by atoms with E-state index in [-0.39, 0.29) is 5.69 Å². The number of fused-ring (bicyclic) bond motifs is 1. The van der Waals surface area contributed by atoms with Crippen molar-refractivity contribution in [2.24, 2.45) is 0 Å². The van der Waals surface area contributed by atoms with Crippen LogP contribution < -0.4 is 11.0 Å². The predicted molar refractivity (Wildman–Crippen MR) is 105 cm³/mol. The molecule has 1 aliphatic carbocycles. The summed E-state index contributed by atoms with van der Waals surface area (Å²) in [6.07, 6.45) is 8.82. The number of amides is 1. The van der Waals surface area contributed by atoms with E-state index in [9.17, 15) is 18.4 Å². The number of hydrogen-bond acceptors (Lipinski definition) is 5. The number of halogens is 2. The molecule has 0 spiro atoms. The summed E-state index contributed by atoms with van der Waals surface area (Å²) in [5, 5.41) is 7.60. The van der Waals surface area contributed by atoms with Crippen LogP contribution in [0, 0.1) is 11.6 Å². The van der Waals surface area contributed by atoms with E-state index in [1.807, 2.05) is 0 Å². The molecule has 1 aliphatic rings. The van der Waals surface area contributed by atoms with Crippen LogP contribution in [0.1, 0.15) is 32.1 Å². The van der Waals surface area contributed by atoms with Crippen molar-refractivity contribution in [2.45, 2.75) is 48.9 Å². The molecule has 0 atom stereocenters. The molecule has 0 saturated heterocycles. The first-order valence-electron chi connectivity index (χ1n) is 9.37. The van der Waals surface area contributed by atoms with E-state index >= 15 is 0 Å². The lowest BCUT2D eigenvalue weighted by molar-refractivity contribution is -0.117. The van der Waals surface area contributed by atoms with Crippen molar-refractivity contribution in [3.8, 4) is 0 Å². The van der Waals surface area contributed by atoms with Crippen molar-refractivity contribution >= 4 is 29.0 Å². The Hall–Kier alpha value is -2.75. The lowest BCUT2D eigenvalue weighted by Crippen LogP contribution is -2.28. The first kappa shape index (κ1) is 19.6. The average molecular weight is 419 g/mol. The van der Waals surface area contributed by atoms with Crippen LogP contribution >= 0.6 is 11.8 Å². The molecule has 1 saturated carbocycles. The van der Waals surface area contributed by atoms with Gasteiger partial charge in [0.25, 0.3) is 0 Å². The van der Waals surface area contributed by atoms with Crippen LogP contribution in [0.2, 0.25) is 0 Å². The molecule has 0 bridgehead atoms. The minimum absolute atomic E-state index is 0.290. The van der Waals surface area contributed by atoms with Crippen LogP contribution in [0.3, 0.4) is 0 Å². The monoisotopic (exact) mass is 419 g/mol. The summed E-state index contributed by atoms with van der Waals surface area (Å²) in [4.78, 5) is 29.2. The van der Waals surface area contributed by atoms with E-state index in [0.717, 1.165) is 35.7 Å². The van der Waals surface area contributed by atoms with Crippen molar-refractivity contribution in [3.05, 3.63) is 52.7 Å². The Kier molecular flexibility index (Phi) is 5.61. The number of nitrogens with one attached hydrogen (secondary N) is 1. The summed E-state index contributed by atoms with van der Waals surface area (Å²) < 4.78 is 29.3. The van der Waals surface area contributed by atoms with Crippen LogP contribution in [0.4, 0.5) is 14.5 Å². The molecule has 10 heteroatoms. The SMILES string of the molecule is O=C(Cn1nc2c(SC3CCCCC3)nccn2c1=O)Nc1cc(F)ccc1F. The normalized spacial score (nSPS) is 15.0. The van der Waals surface area contributed by atoms with Gasteiger partial charge in [-0.3, -0.25) is 4.79 Å². The van der Waals surface area contributed by atoms with Gasteiger partial charge in [-0.2, -0.15) is 0 Å². The second-order valence-electron chi connectivity index (χ2n) is 6.92. The second-order valence-corrected chi connectivity index (χ2v) is 8.21. The van der Waals surface area contributed by atoms with Crippen molar-refractivity contribution in [3.63, 3.8) is 0 Å². The molecule has 1 N–H and O–H groups in total. The van der Waals surface area contributed by atoms with Gasteiger partial charge in [0.1, 0.15) is 23.2 Å². The van der Waals surface area contributed by atoms with Gasteiger partial charge in [-0.05, 0) is 25.0 Å². The zero-order valence-electron chi connectivity index (χ0n) is 15.5. The molecule has 1 fully saturated rings. The van der Waals surface area contributed by atoms with Gasteiger partial charge in [0.05, 0.1) is 5.69 Å². The van der Waals surface area contributed by atoms with Crippen LogP contribution in [-0.4, -0.2) is 30.3 Å². The minimum atomic E-state index is -0.766. The molecule has 2 aromatic heterocycles. The van der Waals surface area contributed by atoms with Gasteiger partial charge in [-0.25, -0.2) is 27.6 Å². The Bertz CT molecular complexity index is 1110. The Morgan fingerprint density at radius 2 is 2.03 bits per heavy atom. The minimum Gasteiger partial charge on any atom is -0.322 e. The third-order valence-electron chi connectivity index (χ3n) is 4.80. The molecule has 0 aliphatic heterocycles. The van der Waals surface area contributed by atoms with E-state index in [2.05, 4.69) is 15.4 Å². The van der Waals surface area contributed by atoms with Crippen molar-refractivity contribution in [2.75, 3.05) is 5.32 Å². The summed E-state index contributed by atoms with van der Waals surface area (Å²) in [5.41, 5.74) is -0.400. The lowest BCUT2D eigenvalue weighted by Gasteiger charge is -2.20. The number of anilines is 1. The van der Waals surface area contributed by atoms with E-state index < -0.39 is 29.8 Å². The van der Waals surface area contributed by atoms with Crippen molar-refractivity contribution < 1.29 is 13.6 Å². The highest BCUT2D eigenvalue weighted by Crippen LogP contribution is 2.33. The van der Waals surface area contributed by atoms with Gasteiger partial charge >= 0.3 is 5.69 Å². The maximum atomic E-state index is 13.7. The molecule has 3 aromatic rings. The molecule has 2 heterocycles. The third kappa shape index (κ3) is 4.31. The largest absolute Gasteiger partial charge is 0.350 e. The van der Waals surface area contributed by atoms with Gasteiger partial charge in [0.2, 0.25) is 5.91 Å². The maximum absolute atomic E-state index is 13.7. The average Bonchev–Trinajstić information content (AvgIpc) is 3.02. The van der Waals surface area contributed by atoms with Gasteiger partial charge in [-0.1, -0.05) is 31.0 Å². The Balaban J connectivity index is 1.55. The molecule has 152 valence electrons. The fraction of sp³-hybridized carbons (Fsp3) is 0.368. The molecule has 7 nitrogen and oxygen atoms in total. The second kappa shape index (κ2) is 8.32. The highest BCUT2D eigenvalue weighted by Gasteiger charge is 2.20. The highest BCUT2D eigenvalue weighted by molar-refractivity contribution is 8.00. The topological polar surface area (TPSA) is 81.3 Å². The zero-order valence-corrected chi connectivity index (χ0v) is 16.3. The Morgan fingerprint density at radius 3 is 2.83 bits per heavy atom. The maximum Gasteiger partial charge on any atom is 0.350 e. The van der Waals surface area contributed by atoms with E-state index in [0.29, 0.717) is 15.9 Å². The summed E-state index contributed by atoms with van der Waals surface area (Å²) in [7, 11) is 0. The smallest absolute Gasteiger partial charge is 0.322 e. The fourth-order valence-electron chi connectivity index (χ4n) is 3.37. The summed E-state index contributed by atoms with van der Waals surface area (Å²) in [5.74, 6) is -2.13. The number of nitrogens with zero attached hydrogens (tertiary/aromatic N) is 4. The third-order valence-corrected chi connectivity index (χ3v) is 6.11. The number of rotatable bonds is 5. The molecule has 0 radical (unpaired) electrons. The zero-order chi connectivity index (χ0) is 20.4. The van der Waals surface area contributed by atoms with Gasteiger partial charge in [0, 0.05) is 23.7 Å². The van der Waals surface area contributed by atoms with Crippen molar-refractivity contribution in [1.29, 1.82) is 0 Å². The molecule has 4 rings (SSSR count). The molecular weight excluding hydrogens is 400 g/mol. The molecule has 1 aromatic carbocycles. The van der Waals surface area contributed by atoms with Crippen LogP contribution in [0.15, 0.2) is 40.4 Å². The fourth-order valence-corrected chi connectivity index (χ4v) is 4.62. The number of hydrogen-bond donors (Lipinski definition) is 1.